The smallest absolute Gasteiger partial charge is 0.220 e. The van der Waals surface area contributed by atoms with E-state index in [1.165, 1.54) is 38.2 Å². The normalized spacial score (nSPS) is 15.4. The minimum absolute atomic E-state index is 0.00777. The third kappa shape index (κ3) is 5.69. The van der Waals surface area contributed by atoms with Gasteiger partial charge in [0, 0.05) is 19.4 Å². The van der Waals surface area contributed by atoms with Gasteiger partial charge in [-0.2, -0.15) is 0 Å². The highest BCUT2D eigenvalue weighted by Crippen LogP contribution is 2.19. The first-order chi connectivity index (χ1) is 7.68. The Balaban J connectivity index is 2.08. The molecule has 1 N–H and O–H groups in total. The zero-order chi connectivity index (χ0) is 11.8. The Morgan fingerprint density at radius 2 is 2.12 bits per heavy atom. The fraction of sp³-hybridized carbons (Fsp3) is 0.692. The first-order valence-corrected chi connectivity index (χ1v) is 6.12. The van der Waals surface area contributed by atoms with E-state index >= 15 is 0 Å². The Hall–Kier alpha value is -1.12. The van der Waals surface area contributed by atoms with Crippen LogP contribution in [0.1, 0.15) is 51.9 Å². The molecule has 3 nitrogen and oxygen atoms in total. The first-order valence-electron chi connectivity index (χ1n) is 6.12. The van der Waals surface area contributed by atoms with E-state index in [0.717, 1.165) is 6.42 Å². The molecular formula is C13H21NO2. The Morgan fingerprint density at radius 3 is 2.75 bits per heavy atom. The van der Waals surface area contributed by atoms with Crippen LogP contribution in [0.25, 0.3) is 0 Å². The number of nitrogens with one attached hydrogen (secondary N) is 1. The van der Waals surface area contributed by atoms with Crippen molar-refractivity contribution in [3.63, 3.8) is 0 Å². The van der Waals surface area contributed by atoms with Gasteiger partial charge in [-0.3, -0.25) is 4.79 Å². The van der Waals surface area contributed by atoms with Gasteiger partial charge in [-0.25, -0.2) is 0 Å². The third-order valence-corrected chi connectivity index (χ3v) is 2.86. The topological polar surface area (TPSA) is 46.2 Å². The monoisotopic (exact) mass is 223 g/mol. The number of allylic oxidation sites excluding steroid dienone is 1. The van der Waals surface area contributed by atoms with Crippen molar-refractivity contribution in [3.05, 3.63) is 11.6 Å². The van der Waals surface area contributed by atoms with Crippen molar-refractivity contribution in [3.8, 4) is 0 Å². The molecule has 1 rings (SSSR count). The van der Waals surface area contributed by atoms with Gasteiger partial charge in [-0.1, -0.05) is 11.6 Å². The number of amides is 1. The SMILES string of the molecule is CC(=O)CCC(=O)NCCC1=CCCCC1. The summed E-state index contributed by atoms with van der Waals surface area (Å²) < 4.78 is 0. The van der Waals surface area contributed by atoms with E-state index in [4.69, 9.17) is 0 Å². The fourth-order valence-corrected chi connectivity index (χ4v) is 1.87. The van der Waals surface area contributed by atoms with E-state index in [-0.39, 0.29) is 11.7 Å². The largest absolute Gasteiger partial charge is 0.356 e. The lowest BCUT2D eigenvalue weighted by molar-refractivity contribution is -0.124. The van der Waals surface area contributed by atoms with Crippen LogP contribution >= 0.6 is 0 Å². The summed E-state index contributed by atoms with van der Waals surface area (Å²) >= 11 is 0. The van der Waals surface area contributed by atoms with Crippen molar-refractivity contribution >= 4 is 11.7 Å². The number of carbonyl (C=O) groups is 2. The number of ketones is 1. The van der Waals surface area contributed by atoms with Gasteiger partial charge in [0.2, 0.25) is 5.91 Å². The lowest BCUT2D eigenvalue weighted by Crippen LogP contribution is -2.25. The van der Waals surface area contributed by atoms with Gasteiger partial charge >= 0.3 is 0 Å². The quantitative estimate of drug-likeness (QED) is 0.703. The molecular weight excluding hydrogens is 202 g/mol. The number of Topliss-reactive ketones (excluding diaryl/α,β-unsaturated/α-hetero) is 1. The summed E-state index contributed by atoms with van der Waals surface area (Å²) in [6, 6.07) is 0. The number of hydrogen-bond donors (Lipinski definition) is 1. The van der Waals surface area contributed by atoms with Crippen molar-refractivity contribution in [1.29, 1.82) is 0 Å². The molecule has 1 aliphatic carbocycles. The second kappa shape index (κ2) is 7.20. The molecule has 0 aromatic rings. The van der Waals surface area contributed by atoms with Crippen molar-refractivity contribution in [1.82, 2.24) is 5.32 Å². The molecule has 1 amide bonds. The van der Waals surface area contributed by atoms with Gasteiger partial charge in [0.25, 0.3) is 0 Å². The van der Waals surface area contributed by atoms with Crippen LogP contribution < -0.4 is 5.32 Å². The highest BCUT2D eigenvalue weighted by molar-refractivity contribution is 5.83. The maximum Gasteiger partial charge on any atom is 0.220 e. The Kier molecular flexibility index (Phi) is 5.83. The third-order valence-electron chi connectivity index (χ3n) is 2.86. The molecule has 0 aromatic carbocycles. The minimum Gasteiger partial charge on any atom is -0.356 e. The summed E-state index contributed by atoms with van der Waals surface area (Å²) in [5.41, 5.74) is 1.47. The lowest BCUT2D eigenvalue weighted by atomic mass is 9.97. The molecule has 0 spiro atoms. The molecule has 0 saturated carbocycles. The van der Waals surface area contributed by atoms with Crippen LogP contribution in [0.3, 0.4) is 0 Å². The summed E-state index contributed by atoms with van der Waals surface area (Å²) in [5, 5.41) is 2.85. The van der Waals surface area contributed by atoms with E-state index in [1.54, 1.807) is 0 Å². The average molecular weight is 223 g/mol. The molecule has 0 unspecified atom stereocenters. The highest BCUT2D eigenvalue weighted by Gasteiger charge is 2.05. The van der Waals surface area contributed by atoms with Crippen molar-refractivity contribution in [2.24, 2.45) is 0 Å². The van der Waals surface area contributed by atoms with Crippen LogP contribution in [-0.2, 0) is 9.59 Å². The molecule has 3 heteroatoms. The second-order valence-electron chi connectivity index (χ2n) is 4.41. The summed E-state index contributed by atoms with van der Waals surface area (Å²) in [7, 11) is 0. The van der Waals surface area contributed by atoms with Gasteiger partial charge in [-0.15, -0.1) is 0 Å². The maximum absolute atomic E-state index is 11.3. The fourth-order valence-electron chi connectivity index (χ4n) is 1.87. The molecule has 0 aromatic heterocycles. The summed E-state index contributed by atoms with van der Waals surface area (Å²) in [5.74, 6) is 0.0664. The van der Waals surface area contributed by atoms with Gasteiger partial charge in [0.1, 0.15) is 5.78 Å². The molecule has 0 atom stereocenters. The van der Waals surface area contributed by atoms with E-state index in [9.17, 15) is 9.59 Å². The Morgan fingerprint density at radius 1 is 1.31 bits per heavy atom. The predicted molar refractivity (Wildman–Crippen MR) is 64.1 cm³/mol. The van der Waals surface area contributed by atoms with Crippen molar-refractivity contribution in [2.45, 2.75) is 51.9 Å². The maximum atomic E-state index is 11.3. The van der Waals surface area contributed by atoms with Crippen molar-refractivity contribution < 1.29 is 9.59 Å². The molecule has 0 bridgehead atoms. The second-order valence-corrected chi connectivity index (χ2v) is 4.41. The zero-order valence-corrected chi connectivity index (χ0v) is 10.1. The van der Waals surface area contributed by atoms with Crippen LogP contribution in [0.2, 0.25) is 0 Å². The van der Waals surface area contributed by atoms with Crippen LogP contribution in [0, 0.1) is 0 Å². The molecule has 0 heterocycles. The number of hydrogen-bond acceptors (Lipinski definition) is 2. The molecule has 90 valence electrons. The van der Waals surface area contributed by atoms with Crippen LogP contribution in [0.4, 0.5) is 0 Å². The predicted octanol–water partition coefficient (Wildman–Crippen LogP) is 2.36. The van der Waals surface area contributed by atoms with E-state index in [1.807, 2.05) is 0 Å². The van der Waals surface area contributed by atoms with Crippen LogP contribution in [0.5, 0.6) is 0 Å². The zero-order valence-electron chi connectivity index (χ0n) is 10.1. The van der Waals surface area contributed by atoms with E-state index in [2.05, 4.69) is 11.4 Å². The summed E-state index contributed by atoms with van der Waals surface area (Å²) in [6.07, 6.45) is 8.90. The first kappa shape index (κ1) is 12.9. The molecule has 1 aliphatic rings. The van der Waals surface area contributed by atoms with Gasteiger partial charge in [-0.05, 0) is 39.0 Å². The van der Waals surface area contributed by atoms with Crippen LogP contribution in [-0.4, -0.2) is 18.2 Å². The molecule has 16 heavy (non-hydrogen) atoms. The summed E-state index contributed by atoms with van der Waals surface area (Å²) in [6.45, 7) is 2.22. The highest BCUT2D eigenvalue weighted by atomic mass is 16.2. The molecule has 0 saturated heterocycles. The summed E-state index contributed by atoms with van der Waals surface area (Å²) in [4.78, 5) is 22.0. The van der Waals surface area contributed by atoms with E-state index in [0.29, 0.717) is 19.4 Å². The molecule has 0 aliphatic heterocycles. The van der Waals surface area contributed by atoms with E-state index < -0.39 is 0 Å². The van der Waals surface area contributed by atoms with Crippen LogP contribution in [0.15, 0.2) is 11.6 Å². The van der Waals surface area contributed by atoms with Gasteiger partial charge in [0.05, 0.1) is 0 Å². The molecule has 0 fully saturated rings. The van der Waals surface area contributed by atoms with Gasteiger partial charge < -0.3 is 10.1 Å². The average Bonchev–Trinajstić information content (AvgIpc) is 2.28. The van der Waals surface area contributed by atoms with Gasteiger partial charge in [0.15, 0.2) is 0 Å². The minimum atomic E-state index is -0.00777. The Bertz CT molecular complexity index is 282. The molecule has 0 radical (unpaired) electrons. The van der Waals surface area contributed by atoms with Crippen molar-refractivity contribution in [2.75, 3.05) is 6.54 Å². The number of carbonyl (C=O) groups excluding carboxylic acids is 2. The standard InChI is InChI=1S/C13H21NO2/c1-11(15)7-8-13(16)14-10-9-12-5-3-2-4-6-12/h5H,2-4,6-10H2,1H3,(H,14,16). The Labute approximate surface area is 97.3 Å². The lowest BCUT2D eigenvalue weighted by Gasteiger charge is -2.12. The number of rotatable bonds is 6.